The molecule has 16 heavy (non-hydrogen) atoms. The van der Waals surface area contributed by atoms with Crippen LogP contribution < -0.4 is 0 Å². The molecule has 0 fully saturated rings. The summed E-state index contributed by atoms with van der Waals surface area (Å²) in [6.07, 6.45) is 0. The van der Waals surface area contributed by atoms with Crippen LogP contribution in [0.25, 0.3) is 0 Å². The highest BCUT2D eigenvalue weighted by atomic mass is 31.2. The molecule has 0 bridgehead atoms. The summed E-state index contributed by atoms with van der Waals surface area (Å²) in [7, 11) is -6.74. The average molecular weight is 293 g/mol. The van der Waals surface area contributed by atoms with Crippen LogP contribution in [0.5, 0.6) is 0 Å². The molecule has 0 amide bonds. The lowest BCUT2D eigenvalue weighted by Gasteiger charge is -1.96. The maximum absolute atomic E-state index is 12.1. The van der Waals surface area contributed by atoms with Crippen molar-refractivity contribution >= 4 is 24.8 Å². The van der Waals surface area contributed by atoms with Gasteiger partial charge < -0.3 is 0 Å². The molecule has 0 radical (unpaired) electrons. The van der Waals surface area contributed by atoms with Gasteiger partial charge in [0.05, 0.1) is 12.1 Å². The Morgan fingerprint density at radius 2 is 1.56 bits per heavy atom. The molecule has 2 atom stereocenters. The van der Waals surface area contributed by atoms with Crippen LogP contribution in [0, 0.1) is 22.7 Å². The van der Waals surface area contributed by atoms with E-state index in [1.165, 1.54) is 13.8 Å². The Labute approximate surface area is 92.6 Å². The van der Waals surface area contributed by atoms with Gasteiger partial charge in [0.15, 0.2) is 8.51 Å². The molecule has 1 rings (SSSR count). The molecule has 0 aromatic carbocycles. The third-order valence-electron chi connectivity index (χ3n) is 0.596. The normalized spacial score (nSPS) is 10.0. The predicted octanol–water partition coefficient (Wildman–Crippen LogP) is 4.35. The van der Waals surface area contributed by atoms with Gasteiger partial charge in [-0.15, -0.1) is 12.9 Å². The molecule has 0 saturated heterocycles. The number of halogens is 4. The molecular weight excluding hydrogens is 287 g/mol. The number of hydrogen-bond acceptors (Lipinski definition) is 3. The summed E-state index contributed by atoms with van der Waals surface area (Å²) < 4.78 is 49.5. The Morgan fingerprint density at radius 3 is 1.88 bits per heavy atom. The van der Waals surface area contributed by atoms with Crippen molar-refractivity contribution in [2.24, 2.45) is 0 Å². The number of nitrogens with zero attached hydrogens (tertiary/aromatic N) is 5. The van der Waals surface area contributed by atoms with Crippen molar-refractivity contribution in [1.82, 2.24) is 13.1 Å². The minimum atomic E-state index is -3.27. The standard InChI is InChI=1S/2C2H3N.F4N3P3/c2*1-2-3;1-6-8-5-9(3)7(2)10(6)4/h2*1H3;. The first-order valence-electron chi connectivity index (χ1n) is 3.32. The monoisotopic (exact) mass is 293 g/mol. The topological polar surface area (TPSA) is 70.3 Å². The van der Waals surface area contributed by atoms with Crippen LogP contribution >= 0.6 is 24.8 Å². The first-order valence-corrected chi connectivity index (χ1v) is 6.40. The molecule has 2 unspecified atom stereocenters. The third kappa shape index (κ3) is 7.31. The zero-order valence-electron chi connectivity index (χ0n) is 8.09. The predicted molar refractivity (Wildman–Crippen MR) is 54.4 cm³/mol. The number of nitriles is 2. The van der Waals surface area contributed by atoms with Gasteiger partial charge >= 0.3 is 0 Å². The van der Waals surface area contributed by atoms with Crippen molar-refractivity contribution < 1.29 is 17.4 Å². The molecule has 1 heterocycles. The van der Waals surface area contributed by atoms with Gasteiger partial charge in [-0.1, -0.05) is 17.6 Å². The van der Waals surface area contributed by atoms with Crippen LogP contribution in [-0.2, 0) is 0 Å². The van der Waals surface area contributed by atoms with Gasteiger partial charge in [-0.3, -0.25) is 0 Å². The van der Waals surface area contributed by atoms with Crippen molar-refractivity contribution in [2.75, 3.05) is 0 Å². The van der Waals surface area contributed by atoms with Crippen LogP contribution in [0.15, 0.2) is 0 Å². The molecule has 1 aromatic heterocycles. The van der Waals surface area contributed by atoms with Crippen LogP contribution in [0.4, 0.5) is 17.4 Å². The number of aromatic nitrogens is 3. The van der Waals surface area contributed by atoms with E-state index in [1.54, 1.807) is 12.1 Å². The van der Waals surface area contributed by atoms with Crippen molar-refractivity contribution in [3.8, 4) is 12.1 Å². The largest absolute Gasteiger partial charge is 0.292 e. The average Bonchev–Trinajstić information content (AvgIpc) is 2.23. The second-order valence-electron chi connectivity index (χ2n) is 1.59. The van der Waals surface area contributed by atoms with Gasteiger partial charge in [0, 0.05) is 13.8 Å². The summed E-state index contributed by atoms with van der Waals surface area (Å²) in [5, 5.41) is 14.6. The molecule has 0 N–H and O–H groups in total. The fraction of sp³-hybridized carbons (Fsp3) is 0.500. The first kappa shape index (κ1) is 17.4. The smallest absolute Gasteiger partial charge is 0.199 e. The Kier molecular flexibility index (Phi) is 11.4. The van der Waals surface area contributed by atoms with E-state index in [1.807, 2.05) is 0 Å². The molecule has 90 valence electrons. The maximum atomic E-state index is 12.1. The van der Waals surface area contributed by atoms with Gasteiger partial charge in [-0.2, -0.15) is 10.5 Å². The number of hydrogen-bond donors (Lipinski definition) is 0. The van der Waals surface area contributed by atoms with E-state index in [-0.39, 0.29) is 0 Å². The summed E-state index contributed by atoms with van der Waals surface area (Å²) in [6.45, 7) is 2.86. The van der Waals surface area contributed by atoms with Crippen molar-refractivity contribution in [1.29, 1.82) is 10.5 Å². The second kappa shape index (κ2) is 10.5. The molecule has 0 aliphatic heterocycles. The summed E-state index contributed by atoms with van der Waals surface area (Å²) >= 11 is 0. The van der Waals surface area contributed by atoms with Gasteiger partial charge in [-0.25, -0.2) is 0 Å². The van der Waals surface area contributed by atoms with E-state index < -0.39 is 33.5 Å². The van der Waals surface area contributed by atoms with E-state index in [0.29, 0.717) is 0 Å². The van der Waals surface area contributed by atoms with E-state index in [4.69, 9.17) is 10.5 Å². The summed E-state index contributed by atoms with van der Waals surface area (Å²) in [4.78, 5) is 0. The van der Waals surface area contributed by atoms with Crippen LogP contribution in [0.2, 0.25) is 0 Å². The molecule has 1 aromatic rings. The molecule has 0 aliphatic rings. The van der Waals surface area contributed by atoms with Crippen molar-refractivity contribution in [3.63, 3.8) is 0 Å². The van der Waals surface area contributed by atoms with E-state index >= 15 is 0 Å². The molecule has 5 nitrogen and oxygen atoms in total. The fourth-order valence-corrected chi connectivity index (χ4v) is 3.17. The van der Waals surface area contributed by atoms with Gasteiger partial charge in [0.25, 0.3) is 16.3 Å². The highest BCUT2D eigenvalue weighted by Crippen LogP contribution is 2.40. The van der Waals surface area contributed by atoms with E-state index in [0.717, 1.165) is 0 Å². The molecule has 0 aliphatic carbocycles. The summed E-state index contributed by atoms with van der Waals surface area (Å²) in [5.74, 6) is 0. The quantitative estimate of drug-likeness (QED) is 0.667. The Bertz CT molecular complexity index is 376. The van der Waals surface area contributed by atoms with Crippen molar-refractivity contribution in [3.05, 3.63) is 0 Å². The zero-order chi connectivity index (χ0) is 13.1. The van der Waals surface area contributed by atoms with Crippen molar-refractivity contribution in [2.45, 2.75) is 13.8 Å². The SMILES string of the molecule is CC#N.CC#N.Fn1pnp(F)n(F)p1F. The molecule has 0 spiro atoms. The number of rotatable bonds is 0. The molecule has 0 saturated carbocycles. The van der Waals surface area contributed by atoms with Crippen LogP contribution in [-0.4, -0.2) is 13.1 Å². The minimum absolute atomic E-state index is 0.502. The van der Waals surface area contributed by atoms with E-state index in [9.17, 15) is 17.4 Å². The molecule has 12 heteroatoms. The van der Waals surface area contributed by atoms with Gasteiger partial charge in [0.2, 0.25) is 0 Å². The Morgan fingerprint density at radius 1 is 1.19 bits per heavy atom. The van der Waals surface area contributed by atoms with Gasteiger partial charge in [0.1, 0.15) is 0 Å². The Balaban J connectivity index is 0. The first-order chi connectivity index (χ1) is 7.45. The lowest BCUT2D eigenvalue weighted by Crippen LogP contribution is -1.81. The lowest BCUT2D eigenvalue weighted by molar-refractivity contribution is 0.398. The van der Waals surface area contributed by atoms with Crippen LogP contribution in [0.1, 0.15) is 13.8 Å². The highest BCUT2D eigenvalue weighted by molar-refractivity contribution is 7.55. The van der Waals surface area contributed by atoms with Gasteiger partial charge in [-0.05, 0) is 0 Å². The minimum Gasteiger partial charge on any atom is -0.199 e. The second-order valence-corrected chi connectivity index (χ2v) is 5.48. The summed E-state index contributed by atoms with van der Waals surface area (Å²) in [5.41, 5.74) is 0. The lowest BCUT2D eigenvalue weighted by atomic mass is 11.0. The maximum Gasteiger partial charge on any atom is 0.292 e. The fourth-order valence-electron chi connectivity index (χ4n) is 0.254. The Hall–Kier alpha value is -1.00. The highest BCUT2D eigenvalue weighted by Gasteiger charge is 2.08. The third-order valence-corrected chi connectivity index (χ3v) is 4.04. The summed E-state index contributed by atoms with van der Waals surface area (Å²) in [6, 6.07) is 3.50. The molecular formula is C4H6F4N5P3. The zero-order valence-corrected chi connectivity index (χ0v) is 10.8. The van der Waals surface area contributed by atoms with E-state index in [2.05, 4.69) is 4.51 Å². The van der Waals surface area contributed by atoms with Crippen LogP contribution in [0.3, 0.4) is 0 Å².